The lowest BCUT2D eigenvalue weighted by molar-refractivity contribution is 0.190. The molecule has 2 aromatic carbocycles. The van der Waals surface area contributed by atoms with Crippen LogP contribution >= 0.6 is 15.9 Å². The first-order valence-electron chi connectivity index (χ1n) is 6.64. The molecule has 0 aromatic heterocycles. The molecule has 0 unspecified atom stereocenters. The molecule has 0 heterocycles. The second-order valence-corrected chi connectivity index (χ2v) is 5.93. The van der Waals surface area contributed by atoms with Crippen molar-refractivity contribution in [1.82, 2.24) is 0 Å². The van der Waals surface area contributed by atoms with Gasteiger partial charge >= 0.3 is 0 Å². The Hall–Kier alpha value is -1.32. The smallest absolute Gasteiger partial charge is 0.126 e. The zero-order valence-electron chi connectivity index (χ0n) is 12.0. The number of aryl methyl sites for hydroxylation is 2. The quantitative estimate of drug-likeness (QED) is 0.878. The van der Waals surface area contributed by atoms with Crippen LogP contribution in [0.2, 0.25) is 0 Å². The molecule has 0 aliphatic carbocycles. The molecular weight excluding hydrogens is 316 g/mol. The van der Waals surface area contributed by atoms with E-state index in [4.69, 9.17) is 4.74 Å². The fourth-order valence-corrected chi connectivity index (χ4v) is 2.54. The normalized spacial score (nSPS) is 12.2. The van der Waals surface area contributed by atoms with Crippen LogP contribution in [0.3, 0.4) is 0 Å². The zero-order valence-corrected chi connectivity index (χ0v) is 13.6. The van der Waals surface area contributed by atoms with Gasteiger partial charge in [0.2, 0.25) is 0 Å². The SMILES string of the molecule is Cc1cccc(C)c1COc1cc(Br)ccc1[C@@H](C)O. The van der Waals surface area contributed by atoms with E-state index in [9.17, 15) is 5.11 Å². The van der Waals surface area contributed by atoms with Crippen molar-refractivity contribution < 1.29 is 9.84 Å². The van der Waals surface area contributed by atoms with Crippen LogP contribution in [0.1, 0.15) is 35.3 Å². The Balaban J connectivity index is 2.25. The van der Waals surface area contributed by atoms with Gasteiger partial charge < -0.3 is 9.84 Å². The Bertz CT molecular complexity index is 586. The van der Waals surface area contributed by atoms with Crippen LogP contribution in [0.15, 0.2) is 40.9 Å². The summed E-state index contributed by atoms with van der Waals surface area (Å²) in [5.41, 5.74) is 4.45. The van der Waals surface area contributed by atoms with E-state index in [1.54, 1.807) is 6.92 Å². The van der Waals surface area contributed by atoms with E-state index >= 15 is 0 Å². The largest absolute Gasteiger partial charge is 0.488 e. The molecule has 2 rings (SSSR count). The highest BCUT2D eigenvalue weighted by Gasteiger charge is 2.11. The average molecular weight is 335 g/mol. The summed E-state index contributed by atoms with van der Waals surface area (Å²) >= 11 is 3.44. The van der Waals surface area contributed by atoms with Gasteiger partial charge in [0.1, 0.15) is 12.4 Å². The molecule has 2 aromatic rings. The van der Waals surface area contributed by atoms with Gasteiger partial charge in [-0.3, -0.25) is 0 Å². The number of aliphatic hydroxyl groups excluding tert-OH is 1. The maximum absolute atomic E-state index is 9.81. The molecule has 0 aliphatic heterocycles. The van der Waals surface area contributed by atoms with E-state index in [0.29, 0.717) is 6.61 Å². The lowest BCUT2D eigenvalue weighted by Crippen LogP contribution is -2.03. The summed E-state index contributed by atoms with van der Waals surface area (Å²) in [5.74, 6) is 0.719. The molecule has 1 atom stereocenters. The van der Waals surface area contributed by atoms with E-state index in [0.717, 1.165) is 15.8 Å². The predicted molar refractivity (Wildman–Crippen MR) is 85.0 cm³/mol. The van der Waals surface area contributed by atoms with Gasteiger partial charge in [-0.05, 0) is 49.6 Å². The fourth-order valence-electron chi connectivity index (χ4n) is 2.20. The van der Waals surface area contributed by atoms with Crippen molar-refractivity contribution in [3.05, 3.63) is 63.1 Å². The van der Waals surface area contributed by atoms with Crippen LogP contribution in [0.4, 0.5) is 0 Å². The summed E-state index contributed by atoms with van der Waals surface area (Å²) in [5, 5.41) is 9.81. The van der Waals surface area contributed by atoms with Crippen molar-refractivity contribution in [3.8, 4) is 5.75 Å². The molecular formula is C17H19BrO2. The van der Waals surface area contributed by atoms with E-state index in [-0.39, 0.29) is 0 Å². The van der Waals surface area contributed by atoms with Gasteiger partial charge in [-0.15, -0.1) is 0 Å². The molecule has 2 nitrogen and oxygen atoms in total. The summed E-state index contributed by atoms with van der Waals surface area (Å²) in [6.45, 7) is 6.42. The second-order valence-electron chi connectivity index (χ2n) is 5.02. The van der Waals surface area contributed by atoms with E-state index < -0.39 is 6.10 Å². The lowest BCUT2D eigenvalue weighted by Gasteiger charge is -2.16. The highest BCUT2D eigenvalue weighted by atomic mass is 79.9. The lowest BCUT2D eigenvalue weighted by atomic mass is 10.0. The minimum absolute atomic E-state index is 0.509. The molecule has 0 radical (unpaired) electrons. The Morgan fingerprint density at radius 1 is 1.15 bits per heavy atom. The van der Waals surface area contributed by atoms with E-state index in [2.05, 4.69) is 48.0 Å². The minimum atomic E-state index is -0.545. The minimum Gasteiger partial charge on any atom is -0.488 e. The van der Waals surface area contributed by atoms with Gasteiger partial charge in [0.25, 0.3) is 0 Å². The van der Waals surface area contributed by atoms with Crippen molar-refractivity contribution in [2.24, 2.45) is 0 Å². The molecule has 20 heavy (non-hydrogen) atoms. The first-order chi connectivity index (χ1) is 9.49. The molecule has 0 saturated carbocycles. The van der Waals surface area contributed by atoms with Gasteiger partial charge in [-0.1, -0.05) is 40.2 Å². The highest BCUT2D eigenvalue weighted by molar-refractivity contribution is 9.10. The van der Waals surface area contributed by atoms with Crippen molar-refractivity contribution >= 4 is 15.9 Å². The van der Waals surface area contributed by atoms with Gasteiger partial charge in [-0.2, -0.15) is 0 Å². The number of benzene rings is 2. The summed E-state index contributed by atoms with van der Waals surface area (Å²) in [6.07, 6.45) is -0.545. The average Bonchev–Trinajstić information content (AvgIpc) is 2.37. The fraction of sp³-hybridized carbons (Fsp3) is 0.294. The molecule has 0 spiro atoms. The van der Waals surface area contributed by atoms with Crippen LogP contribution in [0.25, 0.3) is 0 Å². The first-order valence-corrected chi connectivity index (χ1v) is 7.43. The molecule has 0 bridgehead atoms. The van der Waals surface area contributed by atoms with Gasteiger partial charge in [-0.25, -0.2) is 0 Å². The maximum Gasteiger partial charge on any atom is 0.126 e. The highest BCUT2D eigenvalue weighted by Crippen LogP contribution is 2.29. The van der Waals surface area contributed by atoms with Crippen LogP contribution in [0, 0.1) is 13.8 Å². The number of aliphatic hydroxyl groups is 1. The Kier molecular flexibility index (Phi) is 4.84. The predicted octanol–water partition coefficient (Wildman–Crippen LogP) is 4.70. The molecule has 0 saturated heterocycles. The third kappa shape index (κ3) is 3.41. The van der Waals surface area contributed by atoms with Crippen molar-refractivity contribution in [2.75, 3.05) is 0 Å². The van der Waals surface area contributed by atoms with Crippen molar-refractivity contribution in [3.63, 3.8) is 0 Å². The Morgan fingerprint density at radius 3 is 2.40 bits per heavy atom. The van der Waals surface area contributed by atoms with E-state index in [1.807, 2.05) is 18.2 Å². The monoisotopic (exact) mass is 334 g/mol. The number of hydrogen-bond donors (Lipinski definition) is 1. The second kappa shape index (κ2) is 6.42. The molecule has 0 aliphatic rings. The van der Waals surface area contributed by atoms with Crippen LogP contribution in [-0.4, -0.2) is 5.11 Å². The van der Waals surface area contributed by atoms with Gasteiger partial charge in [0.15, 0.2) is 0 Å². The number of halogens is 1. The summed E-state index contributed by atoms with van der Waals surface area (Å²) < 4.78 is 6.88. The number of hydrogen-bond acceptors (Lipinski definition) is 2. The number of rotatable bonds is 4. The molecule has 3 heteroatoms. The van der Waals surface area contributed by atoms with Crippen molar-refractivity contribution in [1.29, 1.82) is 0 Å². The first kappa shape index (κ1) is 15.1. The van der Waals surface area contributed by atoms with Crippen molar-refractivity contribution in [2.45, 2.75) is 33.5 Å². The topological polar surface area (TPSA) is 29.5 Å². The third-order valence-electron chi connectivity index (χ3n) is 3.44. The van der Waals surface area contributed by atoms with Gasteiger partial charge in [0.05, 0.1) is 6.10 Å². The maximum atomic E-state index is 9.81. The molecule has 0 amide bonds. The van der Waals surface area contributed by atoms with Crippen LogP contribution in [0.5, 0.6) is 5.75 Å². The summed E-state index contributed by atoms with van der Waals surface area (Å²) in [7, 11) is 0. The number of ether oxygens (including phenoxy) is 1. The Morgan fingerprint density at radius 2 is 1.80 bits per heavy atom. The Labute approximate surface area is 128 Å². The summed E-state index contributed by atoms with van der Waals surface area (Å²) in [4.78, 5) is 0. The van der Waals surface area contributed by atoms with Crippen LogP contribution in [-0.2, 0) is 6.61 Å². The molecule has 1 N–H and O–H groups in total. The van der Waals surface area contributed by atoms with Gasteiger partial charge in [0, 0.05) is 10.0 Å². The van der Waals surface area contributed by atoms with E-state index in [1.165, 1.54) is 16.7 Å². The van der Waals surface area contributed by atoms with Crippen LogP contribution < -0.4 is 4.74 Å². The third-order valence-corrected chi connectivity index (χ3v) is 3.94. The molecule has 106 valence electrons. The zero-order chi connectivity index (χ0) is 14.7. The summed E-state index contributed by atoms with van der Waals surface area (Å²) in [6, 6.07) is 11.9. The molecule has 0 fully saturated rings. The standard InChI is InChI=1S/C17H19BrO2/c1-11-5-4-6-12(2)16(11)10-20-17-9-14(18)7-8-15(17)13(3)19/h4-9,13,19H,10H2,1-3H3/t13-/m1/s1.